The lowest BCUT2D eigenvalue weighted by molar-refractivity contribution is 0.521. The third-order valence-corrected chi connectivity index (χ3v) is 2.02. The predicted molar refractivity (Wildman–Crippen MR) is 45.5 cm³/mol. The topological polar surface area (TPSA) is 12.4 Å². The molecule has 56 valence electrons. The number of hydrogen-bond acceptors (Lipinski definition) is 1. The van der Waals surface area contributed by atoms with Crippen molar-refractivity contribution in [3.63, 3.8) is 0 Å². The van der Waals surface area contributed by atoms with E-state index in [1.54, 1.807) is 0 Å². The van der Waals surface area contributed by atoms with Crippen molar-refractivity contribution in [2.75, 3.05) is 0 Å². The van der Waals surface area contributed by atoms with Gasteiger partial charge in [0.25, 0.3) is 0 Å². The lowest BCUT2D eigenvalue weighted by Gasteiger charge is -2.19. The Bertz CT molecular complexity index is 168. The molecule has 10 heavy (non-hydrogen) atoms. The molecule has 0 aromatic carbocycles. The maximum Gasteiger partial charge on any atom is 0.0557 e. The van der Waals surface area contributed by atoms with Crippen LogP contribution in [0.1, 0.15) is 27.2 Å². The van der Waals surface area contributed by atoms with Gasteiger partial charge in [-0.1, -0.05) is 19.9 Å². The van der Waals surface area contributed by atoms with Crippen molar-refractivity contribution < 1.29 is 0 Å². The molecule has 0 amide bonds. The molecule has 0 bridgehead atoms. The number of aliphatic imine (C=N–C) groups is 1. The highest BCUT2D eigenvalue weighted by Gasteiger charge is 2.13. The van der Waals surface area contributed by atoms with Crippen LogP contribution in [0.5, 0.6) is 0 Å². The first kappa shape index (κ1) is 7.52. The molecule has 1 heteroatoms. The lowest BCUT2D eigenvalue weighted by Crippen LogP contribution is -2.16. The summed E-state index contributed by atoms with van der Waals surface area (Å²) in [7, 11) is 0. The minimum absolute atomic E-state index is 0.531. The van der Waals surface area contributed by atoms with Gasteiger partial charge in [0.2, 0.25) is 0 Å². The second kappa shape index (κ2) is 3.00. The summed E-state index contributed by atoms with van der Waals surface area (Å²) in [6, 6.07) is 0.531. The van der Waals surface area contributed by atoms with Gasteiger partial charge in [0, 0.05) is 6.21 Å². The molecule has 0 aromatic rings. The quantitative estimate of drug-likeness (QED) is 0.526. The van der Waals surface area contributed by atoms with Gasteiger partial charge in [-0.05, 0) is 24.8 Å². The molecule has 1 rings (SSSR count). The van der Waals surface area contributed by atoms with Gasteiger partial charge in [0.05, 0.1) is 6.04 Å². The fraction of sp³-hybridized carbons (Fsp3) is 0.667. The van der Waals surface area contributed by atoms with E-state index in [9.17, 15) is 0 Å². The largest absolute Gasteiger partial charge is 0.289 e. The summed E-state index contributed by atoms with van der Waals surface area (Å²) in [5.41, 5.74) is 1.30. The van der Waals surface area contributed by atoms with Crippen molar-refractivity contribution in [3.05, 3.63) is 11.6 Å². The minimum Gasteiger partial charge on any atom is -0.289 e. The standard InChI is InChI=1S/C9H15N/c1-4-9-8(3)5-7(2)6-10-9/h5-6,8-9H,4H2,1-3H3. The summed E-state index contributed by atoms with van der Waals surface area (Å²) < 4.78 is 0. The first-order chi connectivity index (χ1) is 4.74. The molecule has 1 heterocycles. The van der Waals surface area contributed by atoms with E-state index < -0.39 is 0 Å². The van der Waals surface area contributed by atoms with Crippen molar-refractivity contribution >= 4 is 6.21 Å². The summed E-state index contributed by atoms with van der Waals surface area (Å²) in [6.07, 6.45) is 5.43. The molecule has 0 saturated heterocycles. The third kappa shape index (κ3) is 1.47. The van der Waals surface area contributed by atoms with Crippen molar-refractivity contribution in [1.82, 2.24) is 0 Å². The molecule has 1 aliphatic rings. The number of nitrogens with zero attached hydrogens (tertiary/aromatic N) is 1. The maximum absolute atomic E-state index is 4.42. The highest BCUT2D eigenvalue weighted by molar-refractivity contribution is 5.78. The van der Waals surface area contributed by atoms with E-state index in [0.29, 0.717) is 12.0 Å². The minimum atomic E-state index is 0.531. The maximum atomic E-state index is 4.42. The normalized spacial score (nSPS) is 32.1. The number of hydrogen-bond donors (Lipinski definition) is 0. The predicted octanol–water partition coefficient (Wildman–Crippen LogP) is 2.43. The molecule has 1 aliphatic heterocycles. The zero-order valence-electron chi connectivity index (χ0n) is 6.96. The summed E-state index contributed by atoms with van der Waals surface area (Å²) in [4.78, 5) is 4.42. The Labute approximate surface area is 62.9 Å². The van der Waals surface area contributed by atoms with Gasteiger partial charge in [-0.25, -0.2) is 0 Å². The Morgan fingerprint density at radius 2 is 2.30 bits per heavy atom. The molecule has 0 N–H and O–H groups in total. The van der Waals surface area contributed by atoms with Gasteiger partial charge >= 0.3 is 0 Å². The third-order valence-electron chi connectivity index (χ3n) is 2.02. The van der Waals surface area contributed by atoms with Crippen LogP contribution >= 0.6 is 0 Å². The molecule has 2 atom stereocenters. The van der Waals surface area contributed by atoms with Gasteiger partial charge in [-0.2, -0.15) is 0 Å². The molecule has 0 radical (unpaired) electrons. The van der Waals surface area contributed by atoms with E-state index in [0.717, 1.165) is 6.42 Å². The molecular formula is C9H15N. The first-order valence-electron chi connectivity index (χ1n) is 3.95. The molecule has 0 fully saturated rings. The van der Waals surface area contributed by atoms with E-state index in [1.165, 1.54) is 5.57 Å². The highest BCUT2D eigenvalue weighted by Crippen LogP contribution is 2.17. The zero-order valence-corrected chi connectivity index (χ0v) is 6.96. The van der Waals surface area contributed by atoms with Gasteiger partial charge in [-0.15, -0.1) is 0 Å². The Balaban J connectivity index is 2.64. The van der Waals surface area contributed by atoms with Crippen LogP contribution in [0.25, 0.3) is 0 Å². The van der Waals surface area contributed by atoms with Crippen LogP contribution in [0.15, 0.2) is 16.6 Å². The summed E-state index contributed by atoms with van der Waals surface area (Å²) in [5, 5.41) is 0. The van der Waals surface area contributed by atoms with E-state index >= 15 is 0 Å². The Kier molecular flexibility index (Phi) is 2.25. The average molecular weight is 137 g/mol. The fourth-order valence-corrected chi connectivity index (χ4v) is 1.40. The Hall–Kier alpha value is -0.590. The highest BCUT2D eigenvalue weighted by atomic mass is 14.8. The second-order valence-corrected chi connectivity index (χ2v) is 3.02. The Morgan fingerprint density at radius 1 is 1.60 bits per heavy atom. The van der Waals surface area contributed by atoms with E-state index in [2.05, 4.69) is 31.8 Å². The average Bonchev–Trinajstić information content (AvgIpc) is 1.88. The van der Waals surface area contributed by atoms with Crippen LogP contribution in [0.4, 0.5) is 0 Å². The number of rotatable bonds is 1. The molecule has 0 spiro atoms. The van der Waals surface area contributed by atoms with Crippen LogP contribution in [-0.4, -0.2) is 12.3 Å². The van der Waals surface area contributed by atoms with Gasteiger partial charge in [-0.3, -0.25) is 4.99 Å². The van der Waals surface area contributed by atoms with Gasteiger partial charge in [0.1, 0.15) is 0 Å². The van der Waals surface area contributed by atoms with Crippen molar-refractivity contribution in [2.24, 2.45) is 10.9 Å². The van der Waals surface area contributed by atoms with Crippen LogP contribution in [0, 0.1) is 5.92 Å². The van der Waals surface area contributed by atoms with E-state index in [1.807, 2.05) is 6.21 Å². The molecule has 0 aliphatic carbocycles. The lowest BCUT2D eigenvalue weighted by atomic mass is 9.96. The smallest absolute Gasteiger partial charge is 0.0557 e. The molecule has 0 saturated carbocycles. The fourth-order valence-electron chi connectivity index (χ4n) is 1.40. The summed E-state index contributed by atoms with van der Waals surface area (Å²) in [6.45, 7) is 6.52. The molecule has 0 aromatic heterocycles. The number of dihydropyridines is 1. The van der Waals surface area contributed by atoms with Crippen LogP contribution < -0.4 is 0 Å². The molecule has 1 nitrogen and oxygen atoms in total. The zero-order chi connectivity index (χ0) is 7.56. The number of allylic oxidation sites excluding steroid dienone is 1. The first-order valence-corrected chi connectivity index (χ1v) is 3.95. The second-order valence-electron chi connectivity index (χ2n) is 3.02. The summed E-state index contributed by atoms with van der Waals surface area (Å²) >= 11 is 0. The van der Waals surface area contributed by atoms with Crippen molar-refractivity contribution in [3.8, 4) is 0 Å². The summed E-state index contributed by atoms with van der Waals surface area (Å²) in [5.74, 6) is 0.634. The van der Waals surface area contributed by atoms with Crippen molar-refractivity contribution in [2.45, 2.75) is 33.2 Å². The van der Waals surface area contributed by atoms with Crippen molar-refractivity contribution in [1.29, 1.82) is 0 Å². The molecule has 2 unspecified atom stereocenters. The van der Waals surface area contributed by atoms with Gasteiger partial charge in [0.15, 0.2) is 0 Å². The van der Waals surface area contributed by atoms with E-state index in [-0.39, 0.29) is 0 Å². The van der Waals surface area contributed by atoms with Crippen LogP contribution in [-0.2, 0) is 0 Å². The SMILES string of the molecule is CCC1N=CC(C)=CC1C. The van der Waals surface area contributed by atoms with Gasteiger partial charge < -0.3 is 0 Å². The molecular weight excluding hydrogens is 122 g/mol. The van der Waals surface area contributed by atoms with E-state index in [4.69, 9.17) is 0 Å². The Morgan fingerprint density at radius 3 is 2.80 bits per heavy atom. The van der Waals surface area contributed by atoms with Crippen LogP contribution in [0.3, 0.4) is 0 Å². The van der Waals surface area contributed by atoms with Crippen LogP contribution in [0.2, 0.25) is 0 Å². The monoisotopic (exact) mass is 137 g/mol.